The summed E-state index contributed by atoms with van der Waals surface area (Å²) in [6.07, 6.45) is 0. The van der Waals surface area contributed by atoms with Crippen LogP contribution in [0.15, 0.2) is 18.2 Å². The van der Waals surface area contributed by atoms with E-state index in [0.717, 1.165) is 11.3 Å². The van der Waals surface area contributed by atoms with Crippen LogP contribution in [0.2, 0.25) is 0 Å². The zero-order valence-corrected chi connectivity index (χ0v) is 10.3. The lowest BCUT2D eigenvalue weighted by Gasteiger charge is -2.33. The Morgan fingerprint density at radius 2 is 1.94 bits per heavy atom. The van der Waals surface area contributed by atoms with Crippen molar-refractivity contribution >= 4 is 17.5 Å². The second-order valence-corrected chi connectivity index (χ2v) is 4.43. The quantitative estimate of drug-likeness (QED) is 0.789. The smallest absolute Gasteiger partial charge is 0.247 e. The molecule has 1 N–H and O–H groups in total. The Bertz CT molecular complexity index is 482. The van der Waals surface area contributed by atoms with E-state index in [1.54, 1.807) is 11.8 Å². The van der Waals surface area contributed by atoms with E-state index < -0.39 is 6.04 Å². The van der Waals surface area contributed by atoms with Crippen LogP contribution in [0.25, 0.3) is 0 Å². The van der Waals surface area contributed by atoms with Crippen LogP contribution in [0.1, 0.15) is 18.1 Å². The molecule has 1 aliphatic heterocycles. The van der Waals surface area contributed by atoms with E-state index in [0.29, 0.717) is 0 Å². The molecular formula is C13H16N2O2. The lowest BCUT2D eigenvalue weighted by atomic mass is 10.1. The Labute approximate surface area is 101 Å². The molecule has 1 unspecified atom stereocenters. The number of anilines is 1. The fraction of sp³-hybridized carbons (Fsp3) is 0.385. The van der Waals surface area contributed by atoms with Crippen molar-refractivity contribution in [1.82, 2.24) is 5.32 Å². The van der Waals surface area contributed by atoms with Gasteiger partial charge in [-0.15, -0.1) is 0 Å². The van der Waals surface area contributed by atoms with Crippen molar-refractivity contribution in [2.24, 2.45) is 0 Å². The Morgan fingerprint density at radius 1 is 1.24 bits per heavy atom. The Morgan fingerprint density at radius 3 is 2.59 bits per heavy atom. The number of piperazine rings is 1. The number of carbonyl (C=O) groups excluding carboxylic acids is 2. The number of amides is 2. The average Bonchev–Trinajstić information content (AvgIpc) is 2.29. The third kappa shape index (κ3) is 2.02. The molecule has 1 saturated heterocycles. The molecule has 1 fully saturated rings. The number of nitrogens with zero attached hydrogens (tertiary/aromatic N) is 1. The van der Waals surface area contributed by atoms with Gasteiger partial charge in [0.2, 0.25) is 11.8 Å². The van der Waals surface area contributed by atoms with Crippen molar-refractivity contribution in [3.63, 3.8) is 0 Å². The highest BCUT2D eigenvalue weighted by Crippen LogP contribution is 2.22. The Balaban J connectivity index is 2.39. The number of nitrogens with one attached hydrogen (secondary N) is 1. The van der Waals surface area contributed by atoms with Crippen LogP contribution in [0.3, 0.4) is 0 Å². The first-order chi connectivity index (χ1) is 8.00. The van der Waals surface area contributed by atoms with Gasteiger partial charge in [0.05, 0.1) is 6.54 Å². The SMILES string of the molecule is Cc1ccc(N2C(=O)CNC(=O)C2C)cc1C. The van der Waals surface area contributed by atoms with Crippen molar-refractivity contribution in [3.05, 3.63) is 29.3 Å². The highest BCUT2D eigenvalue weighted by atomic mass is 16.2. The Hall–Kier alpha value is -1.84. The molecule has 1 aromatic rings. The van der Waals surface area contributed by atoms with E-state index in [2.05, 4.69) is 5.32 Å². The normalized spacial score (nSPS) is 20.4. The fourth-order valence-electron chi connectivity index (χ4n) is 1.97. The highest BCUT2D eigenvalue weighted by Gasteiger charge is 2.31. The third-order valence-corrected chi connectivity index (χ3v) is 3.22. The second-order valence-electron chi connectivity index (χ2n) is 4.43. The summed E-state index contributed by atoms with van der Waals surface area (Å²) in [5.74, 6) is -0.178. The molecule has 17 heavy (non-hydrogen) atoms. The van der Waals surface area contributed by atoms with Gasteiger partial charge in [-0.1, -0.05) is 6.07 Å². The molecule has 0 spiro atoms. The van der Waals surface area contributed by atoms with Crippen LogP contribution in [0, 0.1) is 13.8 Å². The van der Waals surface area contributed by atoms with E-state index in [1.807, 2.05) is 32.0 Å². The average molecular weight is 232 g/mol. The first-order valence-corrected chi connectivity index (χ1v) is 5.67. The van der Waals surface area contributed by atoms with Crippen LogP contribution in [-0.4, -0.2) is 24.4 Å². The maximum atomic E-state index is 11.9. The summed E-state index contributed by atoms with van der Waals surface area (Å²) < 4.78 is 0. The number of carbonyl (C=O) groups is 2. The van der Waals surface area contributed by atoms with Crippen LogP contribution in [0.5, 0.6) is 0 Å². The first-order valence-electron chi connectivity index (χ1n) is 5.67. The molecule has 2 rings (SSSR count). The summed E-state index contributed by atoms with van der Waals surface area (Å²) in [6, 6.07) is 5.35. The van der Waals surface area contributed by atoms with Gasteiger partial charge >= 0.3 is 0 Å². The third-order valence-electron chi connectivity index (χ3n) is 3.22. The molecule has 2 amide bonds. The van der Waals surface area contributed by atoms with Gasteiger partial charge in [-0.25, -0.2) is 0 Å². The van der Waals surface area contributed by atoms with Gasteiger partial charge in [0.25, 0.3) is 0 Å². The van der Waals surface area contributed by atoms with Crippen molar-refractivity contribution in [2.45, 2.75) is 26.8 Å². The molecule has 4 nitrogen and oxygen atoms in total. The van der Waals surface area contributed by atoms with Crippen molar-refractivity contribution in [1.29, 1.82) is 0 Å². The predicted octanol–water partition coefficient (Wildman–Crippen LogP) is 1.15. The number of hydrogen-bond acceptors (Lipinski definition) is 2. The van der Waals surface area contributed by atoms with E-state index in [1.165, 1.54) is 5.56 Å². The maximum absolute atomic E-state index is 11.9. The zero-order valence-electron chi connectivity index (χ0n) is 10.3. The molecule has 1 aliphatic rings. The Kier molecular flexibility index (Phi) is 2.88. The summed E-state index contributed by atoms with van der Waals surface area (Å²) in [6.45, 7) is 5.84. The van der Waals surface area contributed by atoms with Crippen LogP contribution in [-0.2, 0) is 9.59 Å². The first kappa shape index (κ1) is 11.6. The molecule has 0 bridgehead atoms. The summed E-state index contributed by atoms with van der Waals surface area (Å²) >= 11 is 0. The zero-order chi connectivity index (χ0) is 12.6. The topological polar surface area (TPSA) is 49.4 Å². The summed E-state index contributed by atoms with van der Waals surface area (Å²) in [5.41, 5.74) is 3.09. The minimum absolute atomic E-state index is 0.0691. The van der Waals surface area contributed by atoms with Crippen molar-refractivity contribution in [3.8, 4) is 0 Å². The number of aryl methyl sites for hydroxylation is 2. The molecule has 0 aromatic heterocycles. The number of rotatable bonds is 1. The van der Waals surface area contributed by atoms with Gasteiger partial charge in [-0.05, 0) is 44.0 Å². The molecule has 90 valence electrons. The van der Waals surface area contributed by atoms with E-state index in [-0.39, 0.29) is 18.4 Å². The number of hydrogen-bond donors (Lipinski definition) is 1. The van der Waals surface area contributed by atoms with E-state index in [9.17, 15) is 9.59 Å². The molecule has 1 heterocycles. The minimum Gasteiger partial charge on any atom is -0.345 e. The van der Waals surface area contributed by atoms with Gasteiger partial charge < -0.3 is 5.32 Å². The summed E-state index contributed by atoms with van der Waals surface area (Å²) in [4.78, 5) is 25.0. The van der Waals surface area contributed by atoms with Crippen molar-refractivity contribution < 1.29 is 9.59 Å². The molecule has 1 aromatic carbocycles. The molecule has 4 heteroatoms. The standard InChI is InChI=1S/C13H16N2O2/c1-8-4-5-11(6-9(8)2)15-10(3)13(17)14-7-12(15)16/h4-6,10H,7H2,1-3H3,(H,14,17). The van der Waals surface area contributed by atoms with Gasteiger partial charge in [0.1, 0.15) is 6.04 Å². The molecule has 1 atom stereocenters. The van der Waals surface area contributed by atoms with E-state index in [4.69, 9.17) is 0 Å². The maximum Gasteiger partial charge on any atom is 0.247 e. The van der Waals surface area contributed by atoms with Gasteiger partial charge in [0, 0.05) is 5.69 Å². The predicted molar refractivity (Wildman–Crippen MR) is 65.9 cm³/mol. The second kappa shape index (κ2) is 4.20. The summed E-state index contributed by atoms with van der Waals surface area (Å²) in [5, 5.41) is 2.58. The molecule has 0 radical (unpaired) electrons. The van der Waals surface area contributed by atoms with Crippen LogP contribution >= 0.6 is 0 Å². The monoisotopic (exact) mass is 232 g/mol. The summed E-state index contributed by atoms with van der Waals surface area (Å²) in [7, 11) is 0. The molecular weight excluding hydrogens is 216 g/mol. The lowest BCUT2D eigenvalue weighted by Crippen LogP contribution is -2.57. The van der Waals surface area contributed by atoms with Crippen LogP contribution in [0.4, 0.5) is 5.69 Å². The van der Waals surface area contributed by atoms with Crippen molar-refractivity contribution in [2.75, 3.05) is 11.4 Å². The number of benzene rings is 1. The highest BCUT2D eigenvalue weighted by molar-refractivity contribution is 6.06. The molecule has 0 aliphatic carbocycles. The van der Waals surface area contributed by atoms with Crippen LogP contribution < -0.4 is 10.2 Å². The van der Waals surface area contributed by atoms with E-state index >= 15 is 0 Å². The fourth-order valence-corrected chi connectivity index (χ4v) is 1.97. The minimum atomic E-state index is -0.446. The lowest BCUT2D eigenvalue weighted by molar-refractivity contribution is -0.130. The van der Waals surface area contributed by atoms with Gasteiger partial charge in [0.15, 0.2) is 0 Å². The van der Waals surface area contributed by atoms with Gasteiger partial charge in [-0.2, -0.15) is 0 Å². The molecule has 0 saturated carbocycles. The largest absolute Gasteiger partial charge is 0.345 e. The van der Waals surface area contributed by atoms with Gasteiger partial charge in [-0.3, -0.25) is 14.5 Å².